The highest BCUT2D eigenvalue weighted by Crippen LogP contribution is 2.37. The Morgan fingerprint density at radius 2 is 1.86 bits per heavy atom. The molecule has 1 aromatic carbocycles. The predicted octanol–water partition coefficient (Wildman–Crippen LogP) is 4.21. The van der Waals surface area contributed by atoms with Gasteiger partial charge in [0.15, 0.2) is 0 Å². The van der Waals surface area contributed by atoms with Crippen LogP contribution in [-0.2, 0) is 0 Å². The van der Waals surface area contributed by atoms with E-state index in [0.717, 1.165) is 31.9 Å². The first-order valence-electron chi connectivity index (χ1n) is 8.41. The van der Waals surface area contributed by atoms with Crippen LogP contribution in [0.1, 0.15) is 46.0 Å². The molecular weight excluding hydrogens is 263 g/mol. The average Bonchev–Trinajstić information content (AvgIpc) is 2.52. The number of nitrogens with zero attached hydrogens (tertiary/aromatic N) is 1. The molecule has 0 heterocycles. The molecule has 21 heavy (non-hydrogen) atoms. The number of anilines is 1. The lowest BCUT2D eigenvalue weighted by molar-refractivity contribution is 0.188. The highest BCUT2D eigenvalue weighted by Gasteiger charge is 2.33. The van der Waals surface area contributed by atoms with Crippen molar-refractivity contribution in [2.75, 3.05) is 31.1 Å². The topological polar surface area (TPSA) is 15.3 Å². The van der Waals surface area contributed by atoms with Gasteiger partial charge in [-0.1, -0.05) is 38.3 Å². The van der Waals surface area contributed by atoms with Crippen LogP contribution >= 0.6 is 0 Å². The second-order valence-electron chi connectivity index (χ2n) is 6.31. The third-order valence-corrected chi connectivity index (χ3v) is 4.77. The summed E-state index contributed by atoms with van der Waals surface area (Å²) in [7, 11) is 0. The molecule has 3 heteroatoms. The van der Waals surface area contributed by atoms with E-state index in [0.29, 0.717) is 5.41 Å². The van der Waals surface area contributed by atoms with E-state index in [2.05, 4.69) is 24.1 Å². The predicted molar refractivity (Wildman–Crippen MR) is 88.3 cm³/mol. The Morgan fingerprint density at radius 1 is 1.14 bits per heavy atom. The molecule has 1 fully saturated rings. The zero-order chi connectivity index (χ0) is 15.1. The van der Waals surface area contributed by atoms with Gasteiger partial charge in [-0.3, -0.25) is 0 Å². The first-order chi connectivity index (χ1) is 10.2. The molecule has 2 rings (SSSR count). The van der Waals surface area contributed by atoms with E-state index in [1.54, 1.807) is 12.1 Å². The number of hydrogen-bond acceptors (Lipinski definition) is 2. The molecule has 0 atom stereocenters. The van der Waals surface area contributed by atoms with E-state index in [1.165, 1.54) is 32.1 Å². The standard InChI is InChI=1S/C18H29FN2/c1-3-20-14-18(12-8-5-9-13-18)15-21(4-2)17-11-7-6-10-16(17)19/h6-7,10-11,20H,3-5,8-9,12-15H2,1-2H3. The summed E-state index contributed by atoms with van der Waals surface area (Å²) in [6, 6.07) is 7.17. The van der Waals surface area contributed by atoms with Crippen molar-refractivity contribution in [1.82, 2.24) is 5.32 Å². The zero-order valence-corrected chi connectivity index (χ0v) is 13.5. The van der Waals surface area contributed by atoms with E-state index < -0.39 is 0 Å². The first-order valence-corrected chi connectivity index (χ1v) is 8.41. The number of rotatable bonds is 7. The monoisotopic (exact) mass is 292 g/mol. The minimum Gasteiger partial charge on any atom is -0.369 e. The third kappa shape index (κ3) is 4.19. The fourth-order valence-corrected chi connectivity index (χ4v) is 3.56. The van der Waals surface area contributed by atoms with Crippen molar-refractivity contribution < 1.29 is 4.39 Å². The molecule has 1 N–H and O–H groups in total. The molecule has 0 radical (unpaired) electrons. The van der Waals surface area contributed by atoms with E-state index in [-0.39, 0.29) is 5.82 Å². The Labute approximate surface area is 128 Å². The highest BCUT2D eigenvalue weighted by molar-refractivity contribution is 5.47. The zero-order valence-electron chi connectivity index (χ0n) is 13.5. The van der Waals surface area contributed by atoms with Crippen LogP contribution in [0.15, 0.2) is 24.3 Å². The van der Waals surface area contributed by atoms with Gasteiger partial charge in [0.1, 0.15) is 5.82 Å². The highest BCUT2D eigenvalue weighted by atomic mass is 19.1. The maximum atomic E-state index is 14.1. The van der Waals surface area contributed by atoms with Crippen LogP contribution in [0.5, 0.6) is 0 Å². The largest absolute Gasteiger partial charge is 0.369 e. The molecule has 0 aliphatic heterocycles. The summed E-state index contributed by atoms with van der Waals surface area (Å²) in [5.41, 5.74) is 1.05. The van der Waals surface area contributed by atoms with Gasteiger partial charge in [0.2, 0.25) is 0 Å². The minimum atomic E-state index is -0.103. The number of benzene rings is 1. The average molecular weight is 292 g/mol. The van der Waals surface area contributed by atoms with E-state index >= 15 is 0 Å². The summed E-state index contributed by atoms with van der Waals surface area (Å²) in [4.78, 5) is 2.22. The van der Waals surface area contributed by atoms with Gasteiger partial charge in [-0.2, -0.15) is 0 Å². The van der Waals surface area contributed by atoms with Crippen molar-refractivity contribution in [3.8, 4) is 0 Å². The summed E-state index contributed by atoms with van der Waals surface area (Å²) in [6.45, 7) is 8.15. The van der Waals surface area contributed by atoms with Crippen molar-refractivity contribution in [1.29, 1.82) is 0 Å². The Hall–Kier alpha value is -1.09. The molecule has 2 nitrogen and oxygen atoms in total. The van der Waals surface area contributed by atoms with Gasteiger partial charge in [0, 0.05) is 25.0 Å². The SMILES string of the molecule is CCNCC1(CN(CC)c2ccccc2F)CCCCC1. The second-order valence-corrected chi connectivity index (χ2v) is 6.31. The lowest BCUT2D eigenvalue weighted by Gasteiger charge is -2.42. The Kier molecular flexibility index (Phi) is 6.04. The maximum Gasteiger partial charge on any atom is 0.146 e. The number of para-hydroxylation sites is 1. The Bertz CT molecular complexity index is 427. The molecule has 1 aliphatic rings. The normalized spacial score (nSPS) is 17.7. The lowest BCUT2D eigenvalue weighted by atomic mass is 9.73. The van der Waals surface area contributed by atoms with Gasteiger partial charge in [-0.25, -0.2) is 4.39 Å². The molecule has 0 bridgehead atoms. The lowest BCUT2D eigenvalue weighted by Crippen LogP contribution is -2.45. The minimum absolute atomic E-state index is 0.103. The van der Waals surface area contributed by atoms with Gasteiger partial charge >= 0.3 is 0 Å². The summed E-state index contributed by atoms with van der Waals surface area (Å²) in [5.74, 6) is -0.103. The molecule has 0 spiro atoms. The fraction of sp³-hybridized carbons (Fsp3) is 0.667. The number of nitrogens with one attached hydrogen (secondary N) is 1. The van der Waals surface area contributed by atoms with Gasteiger partial charge in [0.25, 0.3) is 0 Å². The van der Waals surface area contributed by atoms with E-state index in [9.17, 15) is 4.39 Å². The van der Waals surface area contributed by atoms with Crippen molar-refractivity contribution in [3.63, 3.8) is 0 Å². The van der Waals surface area contributed by atoms with Crippen LogP contribution < -0.4 is 10.2 Å². The van der Waals surface area contributed by atoms with Crippen LogP contribution in [0, 0.1) is 11.2 Å². The molecular formula is C18H29FN2. The summed E-state index contributed by atoms with van der Waals surface area (Å²) < 4.78 is 14.1. The Morgan fingerprint density at radius 3 is 2.48 bits per heavy atom. The second kappa shape index (κ2) is 7.79. The molecule has 1 aromatic rings. The van der Waals surface area contributed by atoms with Crippen LogP contribution in [0.25, 0.3) is 0 Å². The maximum absolute atomic E-state index is 14.1. The number of halogens is 1. The third-order valence-electron chi connectivity index (χ3n) is 4.77. The van der Waals surface area contributed by atoms with Crippen molar-refractivity contribution in [2.45, 2.75) is 46.0 Å². The molecule has 1 saturated carbocycles. The van der Waals surface area contributed by atoms with Crippen molar-refractivity contribution in [3.05, 3.63) is 30.1 Å². The first kappa shape index (κ1) is 16.3. The van der Waals surface area contributed by atoms with Crippen molar-refractivity contribution >= 4 is 5.69 Å². The summed E-state index contributed by atoms with van der Waals surface area (Å²) >= 11 is 0. The summed E-state index contributed by atoms with van der Waals surface area (Å²) in [6.07, 6.45) is 6.47. The molecule has 0 amide bonds. The van der Waals surface area contributed by atoms with Crippen LogP contribution in [0.4, 0.5) is 10.1 Å². The molecule has 118 valence electrons. The smallest absolute Gasteiger partial charge is 0.146 e. The Balaban J connectivity index is 2.15. The van der Waals surface area contributed by atoms with E-state index in [1.807, 2.05) is 12.1 Å². The number of hydrogen-bond donors (Lipinski definition) is 1. The van der Waals surface area contributed by atoms with Gasteiger partial charge in [0.05, 0.1) is 5.69 Å². The molecule has 0 aromatic heterocycles. The molecule has 0 unspecified atom stereocenters. The quantitative estimate of drug-likeness (QED) is 0.810. The molecule has 0 saturated heterocycles. The van der Waals surface area contributed by atoms with Crippen LogP contribution in [0.2, 0.25) is 0 Å². The summed E-state index contributed by atoms with van der Waals surface area (Å²) in [5, 5.41) is 3.53. The van der Waals surface area contributed by atoms with Crippen LogP contribution in [0.3, 0.4) is 0 Å². The van der Waals surface area contributed by atoms with Gasteiger partial charge < -0.3 is 10.2 Å². The van der Waals surface area contributed by atoms with Gasteiger partial charge in [-0.15, -0.1) is 0 Å². The van der Waals surface area contributed by atoms with Crippen molar-refractivity contribution in [2.24, 2.45) is 5.41 Å². The molecule has 1 aliphatic carbocycles. The van der Waals surface area contributed by atoms with E-state index in [4.69, 9.17) is 0 Å². The van der Waals surface area contributed by atoms with Crippen LogP contribution in [-0.4, -0.2) is 26.2 Å². The van der Waals surface area contributed by atoms with Gasteiger partial charge in [-0.05, 0) is 38.4 Å². The fourth-order valence-electron chi connectivity index (χ4n) is 3.56.